The molecule has 2 amide bonds. The normalized spacial score (nSPS) is 11.8. The van der Waals surface area contributed by atoms with E-state index in [-0.39, 0.29) is 22.8 Å². The van der Waals surface area contributed by atoms with Gasteiger partial charge in [-0.25, -0.2) is 0 Å². The zero-order valence-electron chi connectivity index (χ0n) is 16.3. The lowest BCUT2D eigenvalue weighted by Gasteiger charge is -2.14. The van der Waals surface area contributed by atoms with Crippen LogP contribution in [-0.2, 0) is 4.79 Å². The number of benzene rings is 3. The first-order valence-corrected chi connectivity index (χ1v) is 10.4. The first-order chi connectivity index (χ1) is 14.6. The first-order valence-electron chi connectivity index (χ1n) is 9.50. The minimum atomic E-state index is -0.319. The highest BCUT2D eigenvalue weighted by Crippen LogP contribution is 2.28. The van der Waals surface area contributed by atoms with E-state index in [4.69, 9.17) is 4.42 Å². The molecule has 0 aliphatic rings. The van der Waals surface area contributed by atoms with Gasteiger partial charge in [-0.2, -0.15) is 0 Å². The van der Waals surface area contributed by atoms with E-state index in [1.165, 1.54) is 18.0 Å². The van der Waals surface area contributed by atoms with Crippen molar-refractivity contribution in [3.05, 3.63) is 90.9 Å². The second-order valence-electron chi connectivity index (χ2n) is 6.74. The predicted molar refractivity (Wildman–Crippen MR) is 121 cm³/mol. The van der Waals surface area contributed by atoms with Gasteiger partial charge in [0.25, 0.3) is 5.91 Å². The summed E-state index contributed by atoms with van der Waals surface area (Å²) >= 11 is 1.43. The molecule has 1 heterocycles. The third-order valence-corrected chi connectivity index (χ3v) is 5.66. The van der Waals surface area contributed by atoms with Gasteiger partial charge in [0.1, 0.15) is 0 Å². The maximum Gasteiger partial charge on any atom is 0.291 e. The molecule has 5 nitrogen and oxygen atoms in total. The highest BCUT2D eigenvalue weighted by Gasteiger charge is 2.16. The molecule has 150 valence electrons. The summed E-state index contributed by atoms with van der Waals surface area (Å²) in [6.07, 6.45) is 1.46. The summed E-state index contributed by atoms with van der Waals surface area (Å²) in [6.45, 7) is 1.86. The Kier molecular flexibility index (Phi) is 5.86. The molecule has 0 radical (unpaired) electrons. The summed E-state index contributed by atoms with van der Waals surface area (Å²) in [5, 5.41) is 7.60. The lowest BCUT2D eigenvalue weighted by atomic mass is 10.1. The molecular formula is C24H20N2O3S. The lowest BCUT2D eigenvalue weighted by molar-refractivity contribution is -0.115. The number of fused-ring (bicyclic) bond motifs is 1. The maximum absolute atomic E-state index is 12.8. The summed E-state index contributed by atoms with van der Waals surface area (Å²) in [4.78, 5) is 25.8. The molecule has 1 atom stereocenters. The van der Waals surface area contributed by atoms with Gasteiger partial charge in [0.15, 0.2) is 5.76 Å². The fourth-order valence-electron chi connectivity index (χ4n) is 3.07. The molecule has 1 unspecified atom stereocenters. The van der Waals surface area contributed by atoms with Crippen molar-refractivity contribution >= 4 is 45.7 Å². The van der Waals surface area contributed by atoms with Crippen molar-refractivity contribution < 1.29 is 14.0 Å². The number of thioether (sulfide) groups is 1. The van der Waals surface area contributed by atoms with Gasteiger partial charge in [0, 0.05) is 21.7 Å². The summed E-state index contributed by atoms with van der Waals surface area (Å²) in [7, 11) is 0. The Bertz CT molecular complexity index is 1180. The van der Waals surface area contributed by atoms with E-state index in [2.05, 4.69) is 10.6 Å². The molecule has 3 aromatic carbocycles. The van der Waals surface area contributed by atoms with Crippen molar-refractivity contribution in [2.24, 2.45) is 0 Å². The van der Waals surface area contributed by atoms with Crippen LogP contribution in [0.2, 0.25) is 0 Å². The van der Waals surface area contributed by atoms with Gasteiger partial charge in [0.2, 0.25) is 5.91 Å². The van der Waals surface area contributed by atoms with Gasteiger partial charge >= 0.3 is 0 Å². The Hall–Kier alpha value is -3.51. The van der Waals surface area contributed by atoms with E-state index < -0.39 is 0 Å². The number of amides is 2. The first kappa shape index (κ1) is 19.8. The van der Waals surface area contributed by atoms with E-state index in [1.54, 1.807) is 18.2 Å². The van der Waals surface area contributed by atoms with Crippen molar-refractivity contribution in [3.8, 4) is 0 Å². The van der Waals surface area contributed by atoms with Gasteiger partial charge in [-0.3, -0.25) is 9.59 Å². The SMILES string of the molecule is CC(Sc1cccc(NC(=O)c2ccco2)c1)C(=O)Nc1cccc2ccccc12. The van der Waals surface area contributed by atoms with Gasteiger partial charge in [-0.15, -0.1) is 11.8 Å². The highest BCUT2D eigenvalue weighted by atomic mass is 32.2. The fourth-order valence-corrected chi connectivity index (χ4v) is 4.00. The Morgan fingerprint density at radius 3 is 2.53 bits per heavy atom. The number of hydrogen-bond acceptors (Lipinski definition) is 4. The van der Waals surface area contributed by atoms with Crippen LogP contribution in [0, 0.1) is 0 Å². The summed E-state index contributed by atoms with van der Waals surface area (Å²) in [5.41, 5.74) is 1.44. The molecule has 0 aliphatic carbocycles. The molecule has 0 fully saturated rings. The predicted octanol–water partition coefficient (Wildman–Crippen LogP) is 5.80. The van der Waals surface area contributed by atoms with Crippen LogP contribution in [0.3, 0.4) is 0 Å². The van der Waals surface area contributed by atoms with E-state index in [0.717, 1.165) is 21.4 Å². The van der Waals surface area contributed by atoms with Crippen molar-refractivity contribution in [1.29, 1.82) is 0 Å². The zero-order valence-corrected chi connectivity index (χ0v) is 17.1. The molecule has 4 rings (SSSR count). The minimum Gasteiger partial charge on any atom is -0.459 e. The Balaban J connectivity index is 1.42. The Morgan fingerprint density at radius 2 is 1.70 bits per heavy atom. The Morgan fingerprint density at radius 1 is 0.900 bits per heavy atom. The van der Waals surface area contributed by atoms with Gasteiger partial charge in [-0.1, -0.05) is 42.5 Å². The van der Waals surface area contributed by atoms with Gasteiger partial charge in [-0.05, 0) is 48.7 Å². The second-order valence-corrected chi connectivity index (χ2v) is 8.15. The van der Waals surface area contributed by atoms with Gasteiger partial charge < -0.3 is 15.1 Å². The van der Waals surface area contributed by atoms with Crippen LogP contribution in [0.25, 0.3) is 10.8 Å². The van der Waals surface area contributed by atoms with Crippen LogP contribution >= 0.6 is 11.8 Å². The largest absolute Gasteiger partial charge is 0.459 e. The lowest BCUT2D eigenvalue weighted by Crippen LogP contribution is -2.22. The number of carbonyl (C=O) groups excluding carboxylic acids is 2. The molecule has 0 spiro atoms. The summed E-state index contributed by atoms with van der Waals surface area (Å²) < 4.78 is 5.11. The standard InChI is InChI=1S/C24H20N2O3S/c1-16(23(27)26-21-12-4-8-17-7-2-3-11-20(17)21)30-19-10-5-9-18(15-19)25-24(28)22-13-6-14-29-22/h2-16H,1H3,(H,25,28)(H,26,27). The van der Waals surface area contributed by atoms with Crippen LogP contribution in [0.5, 0.6) is 0 Å². The van der Waals surface area contributed by atoms with Crippen LogP contribution in [-0.4, -0.2) is 17.1 Å². The molecule has 1 aromatic heterocycles. The van der Waals surface area contributed by atoms with E-state index in [0.29, 0.717) is 5.69 Å². The molecule has 0 aliphatic heterocycles. The topological polar surface area (TPSA) is 71.3 Å². The average molecular weight is 417 g/mol. The highest BCUT2D eigenvalue weighted by molar-refractivity contribution is 8.00. The van der Waals surface area contributed by atoms with Crippen molar-refractivity contribution in [3.63, 3.8) is 0 Å². The monoisotopic (exact) mass is 416 g/mol. The number of hydrogen-bond donors (Lipinski definition) is 2. The molecule has 0 saturated heterocycles. The minimum absolute atomic E-state index is 0.0821. The quantitative estimate of drug-likeness (QED) is 0.390. The molecule has 6 heteroatoms. The number of carbonyl (C=O) groups is 2. The second kappa shape index (κ2) is 8.88. The maximum atomic E-state index is 12.8. The molecule has 0 saturated carbocycles. The average Bonchev–Trinajstić information content (AvgIpc) is 3.29. The third-order valence-electron chi connectivity index (χ3n) is 4.57. The van der Waals surface area contributed by atoms with Crippen LogP contribution in [0.4, 0.5) is 11.4 Å². The van der Waals surface area contributed by atoms with Crippen LogP contribution in [0.15, 0.2) is 94.4 Å². The van der Waals surface area contributed by atoms with Gasteiger partial charge in [0.05, 0.1) is 11.5 Å². The smallest absolute Gasteiger partial charge is 0.291 e. The zero-order chi connectivity index (χ0) is 20.9. The summed E-state index contributed by atoms with van der Waals surface area (Å²) in [6, 6.07) is 24.5. The number of anilines is 2. The van der Waals surface area contributed by atoms with Crippen LogP contribution < -0.4 is 10.6 Å². The van der Waals surface area contributed by atoms with Crippen molar-refractivity contribution in [2.75, 3.05) is 10.6 Å². The summed E-state index contributed by atoms with van der Waals surface area (Å²) in [5.74, 6) is -0.152. The van der Waals surface area contributed by atoms with Crippen molar-refractivity contribution in [2.45, 2.75) is 17.1 Å². The number of furan rings is 1. The molecule has 30 heavy (non-hydrogen) atoms. The molecule has 4 aromatic rings. The van der Waals surface area contributed by atoms with Crippen LogP contribution in [0.1, 0.15) is 17.5 Å². The fraction of sp³-hybridized carbons (Fsp3) is 0.0833. The van der Waals surface area contributed by atoms with E-state index >= 15 is 0 Å². The number of nitrogens with one attached hydrogen (secondary N) is 2. The third kappa shape index (κ3) is 4.55. The molecule has 2 N–H and O–H groups in total. The molecular weight excluding hydrogens is 396 g/mol. The number of rotatable bonds is 6. The Labute approximate surface area is 178 Å². The van der Waals surface area contributed by atoms with E-state index in [1.807, 2.05) is 67.6 Å². The molecule has 0 bridgehead atoms. The van der Waals surface area contributed by atoms with E-state index in [9.17, 15) is 9.59 Å². The van der Waals surface area contributed by atoms with Crippen molar-refractivity contribution in [1.82, 2.24) is 0 Å².